The fourth-order valence-electron chi connectivity index (χ4n) is 2.95. The van der Waals surface area contributed by atoms with E-state index in [1.165, 1.54) is 18.6 Å². The molecule has 0 saturated heterocycles. The highest BCUT2D eigenvalue weighted by molar-refractivity contribution is 5.76. The van der Waals surface area contributed by atoms with Crippen LogP contribution in [-0.4, -0.2) is 5.16 Å². The smallest absolute Gasteiger partial charge is 0.175 e. The number of nitrogens with two attached hydrogens (primary N) is 1. The Kier molecular flexibility index (Phi) is 3.42. The Hall–Kier alpha value is -1.91. The van der Waals surface area contributed by atoms with Gasteiger partial charge < -0.3 is 10.3 Å². The quantitative estimate of drug-likeness (QED) is 0.893. The Bertz CT molecular complexity index is 598. The summed E-state index contributed by atoms with van der Waals surface area (Å²) in [5.41, 5.74) is 6.76. The lowest BCUT2D eigenvalue weighted by atomic mass is 9.85. The molecule has 1 aromatic carbocycles. The summed E-state index contributed by atoms with van der Waals surface area (Å²) in [6, 6.07) is 3.37. The molecule has 1 saturated carbocycles. The predicted octanol–water partition coefficient (Wildman–Crippen LogP) is 4.25. The van der Waals surface area contributed by atoms with E-state index in [2.05, 4.69) is 5.16 Å². The number of benzene rings is 1. The molecule has 1 fully saturated rings. The number of anilines is 1. The summed E-state index contributed by atoms with van der Waals surface area (Å²) >= 11 is 0. The lowest BCUT2D eigenvalue weighted by Crippen LogP contribution is -2.05. The summed E-state index contributed by atoms with van der Waals surface area (Å²) in [6.07, 6.45) is 5.47. The minimum atomic E-state index is -0.629. The number of nitrogen functional groups attached to an aromatic ring is 1. The van der Waals surface area contributed by atoms with Crippen molar-refractivity contribution in [3.8, 4) is 11.1 Å². The molecule has 0 bridgehead atoms. The molecule has 1 aromatic heterocycles. The number of aromatic nitrogens is 1. The van der Waals surface area contributed by atoms with Crippen molar-refractivity contribution in [2.24, 2.45) is 0 Å². The van der Waals surface area contributed by atoms with Crippen molar-refractivity contribution in [2.75, 3.05) is 5.73 Å². The minimum absolute atomic E-state index is 0.190. The zero-order valence-electron chi connectivity index (χ0n) is 11.0. The predicted molar refractivity (Wildman–Crippen MR) is 72.1 cm³/mol. The van der Waals surface area contributed by atoms with E-state index >= 15 is 0 Å². The van der Waals surface area contributed by atoms with Gasteiger partial charge in [0.2, 0.25) is 0 Å². The second kappa shape index (κ2) is 5.23. The Labute approximate surface area is 115 Å². The van der Waals surface area contributed by atoms with Gasteiger partial charge in [0, 0.05) is 12.0 Å². The Morgan fingerprint density at radius 1 is 1.05 bits per heavy atom. The lowest BCUT2D eigenvalue weighted by Gasteiger charge is -2.20. The van der Waals surface area contributed by atoms with Crippen LogP contribution in [0.25, 0.3) is 11.1 Å². The van der Waals surface area contributed by atoms with Gasteiger partial charge in [-0.1, -0.05) is 24.4 Å². The second-order valence-electron chi connectivity index (χ2n) is 5.30. The first-order chi connectivity index (χ1) is 9.65. The SMILES string of the molecule is Nc1noc(C2CCCCC2)c1-c1cc(F)cc(F)c1. The van der Waals surface area contributed by atoms with Gasteiger partial charge in [-0.15, -0.1) is 0 Å². The van der Waals surface area contributed by atoms with E-state index in [-0.39, 0.29) is 11.7 Å². The zero-order valence-corrected chi connectivity index (χ0v) is 11.0. The van der Waals surface area contributed by atoms with Crippen LogP contribution < -0.4 is 5.73 Å². The summed E-state index contributed by atoms with van der Waals surface area (Å²) in [5.74, 6) is -0.178. The monoisotopic (exact) mass is 278 g/mol. The van der Waals surface area contributed by atoms with Crippen molar-refractivity contribution in [2.45, 2.75) is 38.0 Å². The average Bonchev–Trinajstić information content (AvgIpc) is 2.80. The van der Waals surface area contributed by atoms with Gasteiger partial charge in [-0.05, 0) is 30.5 Å². The van der Waals surface area contributed by atoms with Gasteiger partial charge in [-0.2, -0.15) is 0 Å². The van der Waals surface area contributed by atoms with Gasteiger partial charge in [-0.3, -0.25) is 0 Å². The maximum absolute atomic E-state index is 13.4. The molecule has 0 amide bonds. The fourth-order valence-corrected chi connectivity index (χ4v) is 2.95. The molecule has 0 aliphatic heterocycles. The normalized spacial score (nSPS) is 16.5. The van der Waals surface area contributed by atoms with Crippen molar-refractivity contribution in [3.05, 3.63) is 35.6 Å². The number of halogens is 2. The van der Waals surface area contributed by atoms with Crippen LogP contribution >= 0.6 is 0 Å². The van der Waals surface area contributed by atoms with Gasteiger partial charge in [0.15, 0.2) is 5.82 Å². The number of nitrogens with zero attached hydrogens (tertiary/aromatic N) is 1. The molecule has 0 radical (unpaired) electrons. The van der Waals surface area contributed by atoms with Gasteiger partial charge >= 0.3 is 0 Å². The highest BCUT2D eigenvalue weighted by Crippen LogP contribution is 2.40. The highest BCUT2D eigenvalue weighted by atomic mass is 19.1. The van der Waals surface area contributed by atoms with Crippen LogP contribution in [-0.2, 0) is 0 Å². The summed E-state index contributed by atoms with van der Waals surface area (Å²) in [5, 5.41) is 3.79. The van der Waals surface area contributed by atoms with Crippen molar-refractivity contribution >= 4 is 5.82 Å². The number of hydrogen-bond donors (Lipinski definition) is 1. The van der Waals surface area contributed by atoms with Crippen molar-refractivity contribution in [1.29, 1.82) is 0 Å². The van der Waals surface area contributed by atoms with Crippen molar-refractivity contribution in [3.63, 3.8) is 0 Å². The standard InChI is InChI=1S/C15H16F2N2O/c16-11-6-10(7-12(17)8-11)13-14(20-19-15(13)18)9-4-2-1-3-5-9/h6-9H,1-5H2,(H2,18,19). The second-order valence-corrected chi connectivity index (χ2v) is 5.30. The number of rotatable bonds is 2. The topological polar surface area (TPSA) is 52.0 Å². The van der Waals surface area contributed by atoms with Crippen LogP contribution in [0.2, 0.25) is 0 Å². The molecule has 1 aliphatic rings. The molecule has 0 atom stereocenters. The number of hydrogen-bond acceptors (Lipinski definition) is 3. The molecule has 1 aliphatic carbocycles. The van der Waals surface area contributed by atoms with Gasteiger partial charge in [0.05, 0.1) is 5.56 Å². The van der Waals surface area contributed by atoms with E-state index in [0.29, 0.717) is 16.9 Å². The van der Waals surface area contributed by atoms with Gasteiger partial charge in [0.25, 0.3) is 0 Å². The van der Waals surface area contributed by atoms with Crippen LogP contribution in [0.4, 0.5) is 14.6 Å². The third-order valence-electron chi connectivity index (χ3n) is 3.87. The Morgan fingerprint density at radius 3 is 2.35 bits per heavy atom. The molecule has 2 N–H and O–H groups in total. The first-order valence-electron chi connectivity index (χ1n) is 6.86. The van der Waals surface area contributed by atoms with E-state index < -0.39 is 11.6 Å². The fraction of sp³-hybridized carbons (Fsp3) is 0.400. The van der Waals surface area contributed by atoms with E-state index in [9.17, 15) is 8.78 Å². The summed E-state index contributed by atoms with van der Waals surface area (Å²) in [7, 11) is 0. The molecule has 1 heterocycles. The summed E-state index contributed by atoms with van der Waals surface area (Å²) < 4.78 is 32.1. The minimum Gasteiger partial charge on any atom is -0.380 e. The first kappa shape index (κ1) is 13.1. The van der Waals surface area contributed by atoms with Crippen LogP contribution in [0.3, 0.4) is 0 Å². The van der Waals surface area contributed by atoms with Crippen LogP contribution in [0.15, 0.2) is 22.7 Å². The average molecular weight is 278 g/mol. The summed E-state index contributed by atoms with van der Waals surface area (Å²) in [4.78, 5) is 0. The molecule has 3 nitrogen and oxygen atoms in total. The van der Waals surface area contributed by atoms with Gasteiger partial charge in [-0.25, -0.2) is 8.78 Å². The molecular formula is C15H16F2N2O. The summed E-state index contributed by atoms with van der Waals surface area (Å²) in [6.45, 7) is 0. The highest BCUT2D eigenvalue weighted by Gasteiger charge is 2.26. The zero-order chi connectivity index (χ0) is 14.1. The van der Waals surface area contributed by atoms with E-state index in [1.807, 2.05) is 0 Å². The van der Waals surface area contributed by atoms with E-state index in [0.717, 1.165) is 31.7 Å². The maximum Gasteiger partial charge on any atom is 0.175 e. The Morgan fingerprint density at radius 2 is 1.70 bits per heavy atom. The third-order valence-corrected chi connectivity index (χ3v) is 3.87. The van der Waals surface area contributed by atoms with Crippen molar-refractivity contribution in [1.82, 2.24) is 5.16 Å². The lowest BCUT2D eigenvalue weighted by molar-refractivity contribution is 0.323. The molecule has 3 rings (SSSR count). The molecule has 106 valence electrons. The molecular weight excluding hydrogens is 262 g/mol. The largest absolute Gasteiger partial charge is 0.380 e. The molecule has 20 heavy (non-hydrogen) atoms. The molecule has 2 aromatic rings. The van der Waals surface area contributed by atoms with Crippen molar-refractivity contribution < 1.29 is 13.3 Å². The van der Waals surface area contributed by atoms with E-state index in [1.54, 1.807) is 0 Å². The third kappa shape index (κ3) is 2.40. The van der Waals surface area contributed by atoms with Crippen LogP contribution in [0.1, 0.15) is 43.8 Å². The molecule has 0 unspecified atom stereocenters. The van der Waals surface area contributed by atoms with Crippen LogP contribution in [0.5, 0.6) is 0 Å². The van der Waals surface area contributed by atoms with Crippen LogP contribution in [0, 0.1) is 11.6 Å². The Balaban J connectivity index is 2.06. The first-order valence-corrected chi connectivity index (χ1v) is 6.86. The van der Waals surface area contributed by atoms with Gasteiger partial charge in [0.1, 0.15) is 17.4 Å². The van der Waals surface area contributed by atoms with E-state index in [4.69, 9.17) is 10.3 Å². The molecule has 0 spiro atoms. The molecule has 5 heteroatoms. The maximum atomic E-state index is 13.4.